The molecule has 24 heavy (non-hydrogen) atoms. The average Bonchev–Trinajstić information content (AvgIpc) is 2.60. The zero-order valence-electron chi connectivity index (χ0n) is 14.1. The number of rotatable bonds is 9. The van der Waals surface area contributed by atoms with Gasteiger partial charge in [-0.2, -0.15) is 0 Å². The van der Waals surface area contributed by atoms with Crippen LogP contribution in [0, 0.1) is 11.8 Å². The molecule has 0 unspecified atom stereocenters. The molecule has 0 aliphatic carbocycles. The lowest BCUT2D eigenvalue weighted by atomic mass is 10.2. The fraction of sp³-hybridized carbons (Fsp3) is 0.444. The number of methoxy groups -OCH3 is 1. The Morgan fingerprint density at radius 3 is 2.58 bits per heavy atom. The molecule has 1 N–H and O–H groups in total. The summed E-state index contributed by atoms with van der Waals surface area (Å²) in [6.45, 7) is 2.88. The van der Waals surface area contributed by atoms with Crippen LogP contribution in [0.5, 0.6) is 5.75 Å². The number of esters is 2. The summed E-state index contributed by atoms with van der Waals surface area (Å²) in [6.07, 6.45) is 1.83. The van der Waals surface area contributed by atoms with Gasteiger partial charge in [-0.1, -0.05) is 31.4 Å². The van der Waals surface area contributed by atoms with Crippen molar-refractivity contribution in [3.63, 3.8) is 0 Å². The summed E-state index contributed by atoms with van der Waals surface area (Å²) in [5.41, 5.74) is 0.846. The van der Waals surface area contributed by atoms with Crippen molar-refractivity contribution >= 4 is 11.9 Å². The number of unbranched alkanes of at least 4 members (excludes halogenated alkanes) is 1. The number of ether oxygens (including phenoxy) is 3. The quantitative estimate of drug-likeness (QED) is 0.321. The standard InChI is InChI=1S/C18H23NO5/c1-3-4-12-23-18(21)13-19-11-5-6-17(20)24-14-15-7-9-16(22-2)10-8-15/h7-10,19H,3-4,11-14H2,1-2H3. The summed E-state index contributed by atoms with van der Waals surface area (Å²) < 4.78 is 15.0. The van der Waals surface area contributed by atoms with Crippen molar-refractivity contribution in [2.24, 2.45) is 0 Å². The third-order valence-electron chi connectivity index (χ3n) is 2.96. The van der Waals surface area contributed by atoms with Crippen LogP contribution in [0.2, 0.25) is 0 Å². The predicted octanol–water partition coefficient (Wildman–Crippen LogP) is 1.67. The molecule has 6 nitrogen and oxygen atoms in total. The Balaban J connectivity index is 2.16. The van der Waals surface area contributed by atoms with Gasteiger partial charge >= 0.3 is 11.9 Å². The van der Waals surface area contributed by atoms with Gasteiger partial charge in [-0.05, 0) is 24.1 Å². The molecule has 1 aromatic rings. The van der Waals surface area contributed by atoms with E-state index in [-0.39, 0.29) is 25.7 Å². The first-order chi connectivity index (χ1) is 11.7. The molecular formula is C18H23NO5. The maximum Gasteiger partial charge on any atom is 0.384 e. The highest BCUT2D eigenvalue weighted by molar-refractivity contribution is 5.88. The fourth-order valence-electron chi connectivity index (χ4n) is 1.63. The van der Waals surface area contributed by atoms with Crippen molar-refractivity contribution in [1.82, 2.24) is 5.32 Å². The minimum Gasteiger partial charge on any atom is -0.497 e. The van der Waals surface area contributed by atoms with Crippen LogP contribution in [-0.2, 0) is 25.7 Å². The molecular weight excluding hydrogens is 310 g/mol. The number of benzene rings is 1. The topological polar surface area (TPSA) is 73.9 Å². The lowest BCUT2D eigenvalue weighted by Gasteiger charge is -2.03. The number of carbonyl (C=O) groups is 2. The fourth-order valence-corrected chi connectivity index (χ4v) is 1.63. The van der Waals surface area contributed by atoms with E-state index in [0.29, 0.717) is 6.61 Å². The zero-order valence-corrected chi connectivity index (χ0v) is 14.1. The van der Waals surface area contributed by atoms with E-state index in [9.17, 15) is 9.59 Å². The first-order valence-corrected chi connectivity index (χ1v) is 7.80. The molecule has 0 fully saturated rings. The lowest BCUT2D eigenvalue weighted by Crippen LogP contribution is -2.25. The molecule has 0 radical (unpaired) electrons. The highest BCUT2D eigenvalue weighted by Gasteiger charge is 2.01. The zero-order chi connectivity index (χ0) is 17.6. The van der Waals surface area contributed by atoms with Crippen molar-refractivity contribution in [3.8, 4) is 17.6 Å². The van der Waals surface area contributed by atoms with Crippen molar-refractivity contribution in [2.75, 3.05) is 26.8 Å². The second-order valence-corrected chi connectivity index (χ2v) is 4.90. The van der Waals surface area contributed by atoms with Crippen LogP contribution in [-0.4, -0.2) is 38.7 Å². The number of nitrogens with one attached hydrogen (secondary N) is 1. The molecule has 130 valence electrons. The monoisotopic (exact) mass is 333 g/mol. The van der Waals surface area contributed by atoms with E-state index in [1.807, 2.05) is 19.1 Å². The molecule has 0 amide bonds. The molecule has 0 bridgehead atoms. The van der Waals surface area contributed by atoms with Crippen molar-refractivity contribution in [3.05, 3.63) is 29.8 Å². The predicted molar refractivity (Wildman–Crippen MR) is 89.3 cm³/mol. The highest BCUT2D eigenvalue weighted by atomic mass is 16.5. The number of carbonyl (C=O) groups excluding carboxylic acids is 2. The average molecular weight is 333 g/mol. The molecule has 0 atom stereocenters. The van der Waals surface area contributed by atoms with Crippen molar-refractivity contribution in [1.29, 1.82) is 0 Å². The van der Waals surface area contributed by atoms with Gasteiger partial charge in [0.2, 0.25) is 0 Å². The van der Waals surface area contributed by atoms with E-state index in [1.54, 1.807) is 19.2 Å². The summed E-state index contributed by atoms with van der Waals surface area (Å²) >= 11 is 0. The van der Waals surface area contributed by atoms with E-state index >= 15 is 0 Å². The number of hydrogen-bond acceptors (Lipinski definition) is 6. The molecule has 0 spiro atoms. The summed E-state index contributed by atoms with van der Waals surface area (Å²) in [6, 6.07) is 7.20. The van der Waals surface area contributed by atoms with Crippen LogP contribution in [0.1, 0.15) is 25.3 Å². The largest absolute Gasteiger partial charge is 0.497 e. The molecule has 6 heteroatoms. The van der Waals surface area contributed by atoms with Gasteiger partial charge in [-0.3, -0.25) is 10.1 Å². The van der Waals surface area contributed by atoms with Gasteiger partial charge in [0, 0.05) is 5.92 Å². The minimum absolute atomic E-state index is 0.0687. The van der Waals surface area contributed by atoms with E-state index in [1.165, 1.54) is 0 Å². The summed E-state index contributed by atoms with van der Waals surface area (Å²) in [7, 11) is 1.59. The Hall–Kier alpha value is -2.52. The maximum absolute atomic E-state index is 11.5. The summed E-state index contributed by atoms with van der Waals surface area (Å²) in [5, 5.41) is 2.78. The minimum atomic E-state index is -0.613. The first-order valence-electron chi connectivity index (χ1n) is 7.80. The molecule has 0 saturated carbocycles. The van der Waals surface area contributed by atoms with Crippen LogP contribution in [0.3, 0.4) is 0 Å². The molecule has 1 aromatic carbocycles. The Morgan fingerprint density at radius 1 is 1.17 bits per heavy atom. The molecule has 0 saturated heterocycles. The molecule has 1 rings (SSSR count). The SMILES string of the molecule is CCCCOC(=O)CNCC#CC(=O)OCc1ccc(OC)cc1. The van der Waals surface area contributed by atoms with Gasteiger partial charge < -0.3 is 14.2 Å². The van der Waals surface area contributed by atoms with Crippen LogP contribution in [0.4, 0.5) is 0 Å². The third-order valence-corrected chi connectivity index (χ3v) is 2.96. The lowest BCUT2D eigenvalue weighted by molar-refractivity contribution is -0.142. The first kappa shape index (κ1) is 19.5. The number of hydrogen-bond donors (Lipinski definition) is 1. The van der Waals surface area contributed by atoms with E-state index < -0.39 is 5.97 Å². The molecule has 0 heterocycles. The van der Waals surface area contributed by atoms with E-state index in [2.05, 4.69) is 17.2 Å². The molecule has 0 aliphatic heterocycles. The van der Waals surface area contributed by atoms with Gasteiger partial charge in [0.25, 0.3) is 0 Å². The second-order valence-electron chi connectivity index (χ2n) is 4.90. The Labute approximate surface area is 142 Å². The maximum atomic E-state index is 11.5. The van der Waals surface area contributed by atoms with Gasteiger partial charge in [0.05, 0.1) is 26.8 Å². The van der Waals surface area contributed by atoms with Crippen molar-refractivity contribution in [2.45, 2.75) is 26.4 Å². The van der Waals surface area contributed by atoms with Crippen molar-refractivity contribution < 1.29 is 23.8 Å². The van der Waals surface area contributed by atoms with Crippen LogP contribution < -0.4 is 10.1 Å². The van der Waals surface area contributed by atoms with Gasteiger partial charge in [0.15, 0.2) is 0 Å². The van der Waals surface area contributed by atoms with Gasteiger partial charge in [-0.15, -0.1) is 0 Å². The second kappa shape index (κ2) is 12.0. The van der Waals surface area contributed by atoms with E-state index in [4.69, 9.17) is 14.2 Å². The summed E-state index contributed by atoms with van der Waals surface area (Å²) in [4.78, 5) is 22.8. The Morgan fingerprint density at radius 2 is 1.92 bits per heavy atom. The summed E-state index contributed by atoms with van der Waals surface area (Å²) in [5.74, 6) is 4.75. The van der Waals surface area contributed by atoms with Gasteiger partial charge in [0.1, 0.15) is 12.4 Å². The Bertz CT molecular complexity index is 571. The van der Waals surface area contributed by atoms with Crippen LogP contribution >= 0.6 is 0 Å². The van der Waals surface area contributed by atoms with Crippen LogP contribution in [0.15, 0.2) is 24.3 Å². The molecule has 0 aromatic heterocycles. The Kier molecular flexibility index (Phi) is 9.74. The van der Waals surface area contributed by atoms with Crippen LogP contribution in [0.25, 0.3) is 0 Å². The highest BCUT2D eigenvalue weighted by Crippen LogP contribution is 2.11. The van der Waals surface area contributed by atoms with Gasteiger partial charge in [-0.25, -0.2) is 4.79 Å². The third kappa shape index (κ3) is 8.81. The molecule has 0 aliphatic rings. The smallest absolute Gasteiger partial charge is 0.384 e. The van der Waals surface area contributed by atoms with E-state index in [0.717, 1.165) is 24.2 Å². The normalized spacial score (nSPS) is 9.58.